The molecule has 0 fully saturated rings. The van der Waals surface area contributed by atoms with Gasteiger partial charge in [0.2, 0.25) is 10.0 Å². The summed E-state index contributed by atoms with van der Waals surface area (Å²) in [5.41, 5.74) is 0.935. The van der Waals surface area contributed by atoms with Crippen LogP contribution in [-0.4, -0.2) is 36.7 Å². The Bertz CT molecular complexity index is 871. The van der Waals surface area contributed by atoms with E-state index in [0.717, 1.165) is 10.6 Å². The summed E-state index contributed by atoms with van der Waals surface area (Å²) in [5, 5.41) is 3.31. The summed E-state index contributed by atoms with van der Waals surface area (Å²) in [6, 6.07) is 4.13. The van der Waals surface area contributed by atoms with Crippen LogP contribution in [-0.2, 0) is 10.0 Å². The molecule has 0 bridgehead atoms. The number of nitrogens with one attached hydrogen (secondary N) is 1. The largest absolute Gasteiger partial charge is 0.298 e. The van der Waals surface area contributed by atoms with Gasteiger partial charge in [-0.05, 0) is 32.0 Å². The summed E-state index contributed by atoms with van der Waals surface area (Å²) in [7, 11) is -3.67. The molecule has 0 radical (unpaired) electrons. The lowest BCUT2D eigenvalue weighted by molar-refractivity contribution is 0.102. The summed E-state index contributed by atoms with van der Waals surface area (Å²) < 4.78 is 26.6. The predicted octanol–water partition coefficient (Wildman–Crippen LogP) is 3.70. The number of aryl methyl sites for hydroxylation is 2. The van der Waals surface area contributed by atoms with Crippen molar-refractivity contribution in [2.45, 2.75) is 32.6 Å². The molecule has 1 aromatic heterocycles. The van der Waals surface area contributed by atoms with Gasteiger partial charge in [-0.25, -0.2) is 13.4 Å². The molecule has 25 heavy (non-hydrogen) atoms. The Morgan fingerprint density at radius 2 is 1.92 bits per heavy atom. The minimum atomic E-state index is -3.67. The van der Waals surface area contributed by atoms with Crippen LogP contribution >= 0.6 is 22.9 Å². The maximum Gasteiger partial charge on any atom is 0.259 e. The second-order valence-corrected chi connectivity index (χ2v) is 8.89. The molecule has 0 unspecified atom stereocenters. The Morgan fingerprint density at radius 1 is 1.28 bits per heavy atom. The van der Waals surface area contributed by atoms with E-state index in [9.17, 15) is 13.2 Å². The molecule has 1 amide bonds. The average molecular weight is 402 g/mol. The van der Waals surface area contributed by atoms with Crippen LogP contribution in [0.25, 0.3) is 0 Å². The molecule has 2 aromatic rings. The molecule has 0 aliphatic rings. The number of benzene rings is 1. The van der Waals surface area contributed by atoms with Gasteiger partial charge in [-0.15, -0.1) is 11.3 Å². The van der Waals surface area contributed by atoms with Crippen LogP contribution in [0.15, 0.2) is 23.1 Å². The van der Waals surface area contributed by atoms with Crippen LogP contribution in [0.1, 0.15) is 34.8 Å². The zero-order valence-corrected chi connectivity index (χ0v) is 16.8. The number of aromatic nitrogens is 1. The van der Waals surface area contributed by atoms with Gasteiger partial charge in [0, 0.05) is 18.0 Å². The number of halogens is 1. The van der Waals surface area contributed by atoms with E-state index in [1.807, 2.05) is 13.8 Å². The third kappa shape index (κ3) is 4.20. The third-order valence-corrected chi connectivity index (χ3v) is 7.14. The maximum absolute atomic E-state index is 12.6. The van der Waals surface area contributed by atoms with Crippen molar-refractivity contribution in [1.29, 1.82) is 0 Å². The number of hydrogen-bond acceptors (Lipinski definition) is 5. The molecule has 1 aromatic carbocycles. The quantitative estimate of drug-likeness (QED) is 0.800. The zero-order chi connectivity index (χ0) is 18.8. The van der Waals surface area contributed by atoms with Crippen molar-refractivity contribution in [2.24, 2.45) is 0 Å². The van der Waals surface area contributed by atoms with Gasteiger partial charge in [0.05, 0.1) is 21.2 Å². The van der Waals surface area contributed by atoms with Crippen LogP contribution in [0.2, 0.25) is 5.02 Å². The SMILES string of the molecule is CCN(CC)S(=O)(=O)c1ccc(Cl)c(C(=O)Nc2nc(C)c(C)s2)c1. The number of sulfonamides is 1. The number of nitrogens with zero attached hydrogens (tertiary/aromatic N) is 2. The first kappa shape index (κ1) is 19.8. The molecule has 9 heteroatoms. The summed E-state index contributed by atoms with van der Waals surface area (Å²) in [6.45, 7) is 7.98. The first-order valence-electron chi connectivity index (χ1n) is 7.75. The van der Waals surface area contributed by atoms with E-state index in [2.05, 4.69) is 10.3 Å². The molecule has 1 N–H and O–H groups in total. The van der Waals surface area contributed by atoms with Gasteiger partial charge >= 0.3 is 0 Å². The second-order valence-electron chi connectivity index (χ2n) is 5.35. The van der Waals surface area contributed by atoms with E-state index in [0.29, 0.717) is 18.2 Å². The molecular weight excluding hydrogens is 382 g/mol. The molecule has 0 aliphatic carbocycles. The van der Waals surface area contributed by atoms with E-state index in [4.69, 9.17) is 11.6 Å². The minimum absolute atomic E-state index is 0.0391. The van der Waals surface area contributed by atoms with Gasteiger partial charge in [-0.2, -0.15) is 4.31 Å². The van der Waals surface area contributed by atoms with Crippen LogP contribution in [0, 0.1) is 13.8 Å². The smallest absolute Gasteiger partial charge is 0.259 e. The minimum Gasteiger partial charge on any atom is -0.298 e. The lowest BCUT2D eigenvalue weighted by atomic mass is 10.2. The molecule has 136 valence electrons. The van der Waals surface area contributed by atoms with Gasteiger partial charge in [0.15, 0.2) is 5.13 Å². The molecular formula is C16H20ClN3O3S2. The molecule has 0 aliphatic heterocycles. The normalized spacial score (nSPS) is 11.8. The number of anilines is 1. The van der Waals surface area contributed by atoms with Crippen molar-refractivity contribution in [2.75, 3.05) is 18.4 Å². The Kier molecular flexibility index (Phi) is 6.21. The Hall–Kier alpha value is -1.48. The fourth-order valence-corrected chi connectivity index (χ4v) is 4.74. The van der Waals surface area contributed by atoms with E-state index >= 15 is 0 Å². The number of carbonyl (C=O) groups excluding carboxylic acids is 1. The second kappa shape index (κ2) is 7.82. The Morgan fingerprint density at radius 3 is 2.44 bits per heavy atom. The number of amides is 1. The van der Waals surface area contributed by atoms with Gasteiger partial charge in [-0.1, -0.05) is 25.4 Å². The molecule has 0 saturated carbocycles. The number of rotatable bonds is 6. The highest BCUT2D eigenvalue weighted by atomic mass is 35.5. The highest BCUT2D eigenvalue weighted by Gasteiger charge is 2.24. The molecule has 0 atom stereocenters. The summed E-state index contributed by atoms with van der Waals surface area (Å²) in [5.74, 6) is -0.490. The van der Waals surface area contributed by atoms with Gasteiger partial charge in [0.1, 0.15) is 0 Å². The van der Waals surface area contributed by atoms with Crippen LogP contribution in [0.3, 0.4) is 0 Å². The molecule has 2 rings (SSSR count). The van der Waals surface area contributed by atoms with Crippen LogP contribution in [0.5, 0.6) is 0 Å². The summed E-state index contributed by atoms with van der Waals surface area (Å²) in [4.78, 5) is 17.8. The first-order valence-corrected chi connectivity index (χ1v) is 10.4. The Balaban J connectivity index is 2.37. The zero-order valence-electron chi connectivity index (χ0n) is 14.5. The maximum atomic E-state index is 12.6. The molecule has 0 spiro atoms. The first-order chi connectivity index (χ1) is 11.7. The number of carbonyl (C=O) groups is 1. The summed E-state index contributed by atoms with van der Waals surface area (Å²) >= 11 is 7.46. The fraction of sp³-hybridized carbons (Fsp3) is 0.375. The van der Waals surface area contributed by atoms with E-state index in [1.54, 1.807) is 13.8 Å². The lowest BCUT2D eigenvalue weighted by Crippen LogP contribution is -2.30. The number of thiazole rings is 1. The van der Waals surface area contributed by atoms with Crippen LogP contribution < -0.4 is 5.32 Å². The highest BCUT2D eigenvalue weighted by molar-refractivity contribution is 7.89. The van der Waals surface area contributed by atoms with Crippen molar-refractivity contribution < 1.29 is 13.2 Å². The van der Waals surface area contributed by atoms with Gasteiger partial charge < -0.3 is 0 Å². The molecule has 0 saturated heterocycles. The van der Waals surface area contributed by atoms with Gasteiger partial charge in [0.25, 0.3) is 5.91 Å². The topological polar surface area (TPSA) is 79.4 Å². The standard InChI is InChI=1S/C16H20ClN3O3S2/c1-5-20(6-2)25(22,23)12-7-8-14(17)13(9-12)15(21)19-16-18-10(3)11(4)24-16/h7-9H,5-6H2,1-4H3,(H,18,19,21). The molecule has 6 nitrogen and oxygen atoms in total. The Labute approximate surface area is 156 Å². The predicted molar refractivity (Wildman–Crippen MR) is 101 cm³/mol. The van der Waals surface area contributed by atoms with E-state index < -0.39 is 15.9 Å². The van der Waals surface area contributed by atoms with Crippen molar-refractivity contribution in [3.8, 4) is 0 Å². The monoisotopic (exact) mass is 401 g/mol. The number of hydrogen-bond donors (Lipinski definition) is 1. The van der Waals surface area contributed by atoms with Crippen molar-refractivity contribution in [3.63, 3.8) is 0 Å². The van der Waals surface area contributed by atoms with Crippen molar-refractivity contribution in [1.82, 2.24) is 9.29 Å². The van der Waals surface area contributed by atoms with Crippen molar-refractivity contribution >= 4 is 44.0 Å². The highest BCUT2D eigenvalue weighted by Crippen LogP contribution is 2.26. The molecule has 1 heterocycles. The van der Waals surface area contributed by atoms with Crippen LogP contribution in [0.4, 0.5) is 5.13 Å². The lowest BCUT2D eigenvalue weighted by Gasteiger charge is -2.19. The summed E-state index contributed by atoms with van der Waals surface area (Å²) in [6.07, 6.45) is 0. The van der Waals surface area contributed by atoms with E-state index in [1.165, 1.54) is 33.8 Å². The fourth-order valence-electron chi connectivity index (χ4n) is 2.24. The van der Waals surface area contributed by atoms with E-state index in [-0.39, 0.29) is 15.5 Å². The van der Waals surface area contributed by atoms with Crippen molar-refractivity contribution in [3.05, 3.63) is 39.4 Å². The third-order valence-electron chi connectivity index (χ3n) is 3.77. The van der Waals surface area contributed by atoms with Gasteiger partial charge in [-0.3, -0.25) is 10.1 Å². The average Bonchev–Trinajstić information content (AvgIpc) is 2.86.